The van der Waals surface area contributed by atoms with Crippen LogP contribution in [-0.2, 0) is 54.6 Å². The van der Waals surface area contributed by atoms with Crippen LogP contribution in [0.15, 0.2) is 97.5 Å². The molecule has 20 heteroatoms. The maximum absolute atomic E-state index is 14.4. The predicted molar refractivity (Wildman–Crippen MR) is 294 cm³/mol. The Morgan fingerprint density at radius 3 is 2.28 bits per heavy atom. The number of nitrogens with zero attached hydrogens (tertiary/aromatic N) is 7. The van der Waals surface area contributed by atoms with E-state index in [1.165, 1.54) is 29.8 Å². The van der Waals surface area contributed by atoms with Crippen molar-refractivity contribution in [1.82, 2.24) is 34.6 Å². The van der Waals surface area contributed by atoms with Crippen molar-refractivity contribution in [2.75, 3.05) is 81.4 Å². The van der Waals surface area contributed by atoms with Crippen molar-refractivity contribution in [2.24, 2.45) is 0 Å². The fourth-order valence-corrected chi connectivity index (χ4v) is 11.8. The van der Waals surface area contributed by atoms with E-state index in [2.05, 4.69) is 48.8 Å². The zero-order valence-corrected chi connectivity index (χ0v) is 46.0. The first-order valence-electron chi connectivity index (χ1n) is 25.8. The Morgan fingerprint density at radius 2 is 1.55 bits per heavy atom. The van der Waals surface area contributed by atoms with Gasteiger partial charge in [-0.1, -0.05) is 48.0 Å². The summed E-state index contributed by atoms with van der Waals surface area (Å²) >= 11 is 8.81. The summed E-state index contributed by atoms with van der Waals surface area (Å²) in [6, 6.07) is 25.5. The fraction of sp³-hybridized carbons (Fsp3) is 0.397. The van der Waals surface area contributed by atoms with Crippen molar-refractivity contribution in [3.8, 4) is 50.3 Å². The minimum atomic E-state index is -1.40. The summed E-state index contributed by atoms with van der Waals surface area (Å²) < 4.78 is 62.5. The molecule has 3 aromatic heterocycles. The molecule has 2 fully saturated rings. The quantitative estimate of drug-likeness (QED) is 0.0974. The van der Waals surface area contributed by atoms with Gasteiger partial charge >= 0.3 is 5.97 Å². The van der Waals surface area contributed by atoms with Crippen molar-refractivity contribution in [1.29, 1.82) is 0 Å². The normalized spacial score (nSPS) is 21.4. The van der Waals surface area contributed by atoms with Gasteiger partial charge in [0.25, 0.3) is 0 Å². The third-order valence-corrected chi connectivity index (χ3v) is 16.4. The average molecular weight is 1100 g/mol. The lowest BCUT2D eigenvalue weighted by molar-refractivity contribution is -0.305. The Morgan fingerprint density at radius 1 is 0.808 bits per heavy atom. The zero-order valence-electron chi connectivity index (χ0n) is 44.4. The SMILES string of the molecule is CO[C@H]1O[C@H](COc2ccc(-c3nccc(COc4ccc5cc4C[C@H](C(=O)O)Oc4ncnc6sc(-c7ccc(F)cc7)c(c46)-c4ccc(c(Cl)c4C)CN(CCN4CCN(C)CC4)C5)n3)cc2)[C@@H](OC)[C@H](OC)[C@@H]1OC. The zero-order chi connectivity index (χ0) is 54.5. The van der Waals surface area contributed by atoms with Crippen molar-refractivity contribution in [2.45, 2.75) is 69.9 Å². The van der Waals surface area contributed by atoms with Gasteiger partial charge in [-0.25, -0.2) is 29.1 Å². The van der Waals surface area contributed by atoms with Crippen LogP contribution in [0.5, 0.6) is 17.4 Å². The summed E-state index contributed by atoms with van der Waals surface area (Å²) in [5.74, 6) is 0.0882. The number of rotatable bonds is 16. The second-order valence-corrected chi connectivity index (χ2v) is 21.1. The molecule has 0 aliphatic carbocycles. The Bertz CT molecular complexity index is 3200. The van der Waals surface area contributed by atoms with Gasteiger partial charge in [0.05, 0.1) is 11.1 Å². The van der Waals surface area contributed by atoms with E-state index in [-0.39, 0.29) is 31.3 Å². The maximum Gasteiger partial charge on any atom is 0.345 e. The molecule has 2 saturated heterocycles. The summed E-state index contributed by atoms with van der Waals surface area (Å²) in [7, 11) is 8.47. The van der Waals surface area contributed by atoms with E-state index in [9.17, 15) is 14.3 Å². The molecule has 11 rings (SSSR count). The minimum absolute atomic E-state index is 0.0557. The largest absolute Gasteiger partial charge is 0.491 e. The lowest BCUT2D eigenvalue weighted by Crippen LogP contribution is -2.61. The highest BCUT2D eigenvalue weighted by Crippen LogP contribution is 2.49. The third kappa shape index (κ3) is 12.2. The summed E-state index contributed by atoms with van der Waals surface area (Å²) in [6.07, 6.45) is -1.02. The van der Waals surface area contributed by atoms with Crippen molar-refractivity contribution >= 4 is 39.1 Å². The number of aromatic nitrogens is 4. The molecule has 0 saturated carbocycles. The number of piperazine rings is 1. The van der Waals surface area contributed by atoms with Gasteiger partial charge < -0.3 is 47.9 Å². The number of thiophene rings is 1. The molecule has 410 valence electrons. The number of benzene rings is 4. The van der Waals surface area contributed by atoms with Gasteiger partial charge in [-0.2, -0.15) is 0 Å². The van der Waals surface area contributed by atoms with Crippen molar-refractivity contribution in [3.63, 3.8) is 0 Å². The third-order valence-electron chi connectivity index (χ3n) is 14.7. The molecule has 0 spiro atoms. The minimum Gasteiger partial charge on any atom is -0.491 e. The van der Waals surface area contributed by atoms with Crippen LogP contribution in [0.3, 0.4) is 0 Å². The molecule has 0 amide bonds. The second kappa shape index (κ2) is 24.8. The Balaban J connectivity index is 0.940. The van der Waals surface area contributed by atoms with Gasteiger partial charge in [-0.05, 0) is 95.9 Å². The van der Waals surface area contributed by atoms with Crippen LogP contribution in [0.4, 0.5) is 4.39 Å². The number of carboxylic acid groups (broad SMARTS) is 1. The van der Waals surface area contributed by atoms with E-state index >= 15 is 0 Å². The van der Waals surface area contributed by atoms with Crippen LogP contribution in [-0.4, -0.2) is 164 Å². The molecule has 1 N–H and O–H groups in total. The molecule has 0 radical (unpaired) electrons. The summed E-state index contributed by atoms with van der Waals surface area (Å²) in [5, 5.41) is 12.1. The summed E-state index contributed by atoms with van der Waals surface area (Å²) in [5.41, 5.74) is 7.02. The molecule has 78 heavy (non-hydrogen) atoms. The summed E-state index contributed by atoms with van der Waals surface area (Å²) in [4.78, 5) is 40.7. The fourth-order valence-electron chi connectivity index (χ4n) is 10.5. The van der Waals surface area contributed by atoms with Gasteiger partial charge in [-0.3, -0.25) is 9.80 Å². The number of aliphatic carboxylic acids is 1. The highest BCUT2D eigenvalue weighted by atomic mass is 35.5. The first kappa shape index (κ1) is 55.1. The highest BCUT2D eigenvalue weighted by molar-refractivity contribution is 7.22. The van der Waals surface area contributed by atoms with Crippen LogP contribution >= 0.6 is 22.9 Å². The lowest BCUT2D eigenvalue weighted by atomic mass is 9.94. The summed E-state index contributed by atoms with van der Waals surface area (Å²) in [6.45, 7) is 8.90. The molecular formula is C58H63ClFN7O10S. The number of methoxy groups -OCH3 is 4. The van der Waals surface area contributed by atoms with Crippen LogP contribution in [0, 0.1) is 12.7 Å². The van der Waals surface area contributed by atoms with E-state index in [1.54, 1.807) is 52.8 Å². The van der Waals surface area contributed by atoms with Crippen LogP contribution in [0.2, 0.25) is 5.02 Å². The van der Waals surface area contributed by atoms with Gasteiger partial charge in [0.15, 0.2) is 12.1 Å². The molecule has 7 heterocycles. The average Bonchev–Trinajstić information content (AvgIpc) is 3.97. The van der Waals surface area contributed by atoms with Crippen molar-refractivity contribution < 1.29 is 52.2 Å². The molecule has 4 aromatic carbocycles. The number of hydrogen-bond acceptors (Lipinski definition) is 17. The smallest absolute Gasteiger partial charge is 0.345 e. The number of hydrogen-bond donors (Lipinski definition) is 1. The number of carbonyl (C=O) groups is 1. The van der Waals surface area contributed by atoms with Gasteiger partial charge in [0.2, 0.25) is 12.0 Å². The van der Waals surface area contributed by atoms with E-state index < -0.39 is 42.8 Å². The number of halogens is 2. The Kier molecular flexibility index (Phi) is 17.5. The van der Waals surface area contributed by atoms with Gasteiger partial charge in [0.1, 0.15) is 66.1 Å². The molecule has 4 bridgehead atoms. The number of likely N-dealkylation sites (N-methyl/N-ethyl adjacent to an activating group) is 1. The topological polar surface area (TPSA) is 172 Å². The monoisotopic (exact) mass is 1100 g/mol. The lowest BCUT2D eigenvalue weighted by Gasteiger charge is -2.44. The van der Waals surface area contributed by atoms with E-state index in [0.29, 0.717) is 56.9 Å². The standard InChI is InChI=1S/C58H63ClFN7O10S/c1-34-43-17-12-38(49(34)59)30-67(26-25-66-23-21-65(2)22-24-66)29-35-7-18-44(39(27-35)28-45(57(68)69)76-55-48-47(43)53(78-56(48)63-33-62-55)36-8-13-40(60)14-9-36)75-31-41-19-20-61-54(64-41)37-10-15-42(16-11-37)74-32-46-50(70-3)51(71-4)52(72-5)58(73-6)77-46/h7-20,27,33,45-46,50-52,58H,21-26,28-32H2,1-6H3,(H,68,69)/t45-,46-,50-,51+,52+,58+/m1/s1. The Labute approximate surface area is 461 Å². The molecule has 0 unspecified atom stereocenters. The maximum atomic E-state index is 14.4. The highest BCUT2D eigenvalue weighted by Gasteiger charge is 2.47. The molecule has 4 aliphatic heterocycles. The Hall–Kier alpha value is -6.23. The molecule has 4 aliphatic rings. The van der Waals surface area contributed by atoms with E-state index in [4.69, 9.17) is 54.5 Å². The first-order valence-corrected chi connectivity index (χ1v) is 27.0. The second-order valence-electron chi connectivity index (χ2n) is 19.7. The van der Waals surface area contributed by atoms with Crippen molar-refractivity contribution in [3.05, 3.63) is 136 Å². The van der Waals surface area contributed by atoms with Crippen LogP contribution in [0.25, 0.3) is 43.2 Å². The molecule has 7 aromatic rings. The van der Waals surface area contributed by atoms with Gasteiger partial charge in [-0.15, -0.1) is 11.3 Å². The molecule has 17 nitrogen and oxygen atoms in total. The predicted octanol–water partition coefficient (Wildman–Crippen LogP) is 8.60. The molecular weight excluding hydrogens is 1040 g/mol. The van der Waals surface area contributed by atoms with Crippen LogP contribution in [0.1, 0.15) is 27.9 Å². The number of carboxylic acids is 1. The molecule has 6 atom stereocenters. The number of ether oxygens (including phenoxy) is 8. The number of fused-ring (bicyclic) bond motifs is 6. The van der Waals surface area contributed by atoms with E-state index in [0.717, 1.165) is 83.1 Å². The first-order chi connectivity index (χ1) is 37.9. The van der Waals surface area contributed by atoms with E-state index in [1.807, 2.05) is 49.4 Å². The van der Waals surface area contributed by atoms with Crippen LogP contribution < -0.4 is 14.2 Å². The van der Waals surface area contributed by atoms with Gasteiger partial charge in [0, 0.05) is 114 Å².